The topological polar surface area (TPSA) is 85.3 Å². The normalized spacial score (nSPS) is 20.3. The van der Waals surface area contributed by atoms with Crippen LogP contribution in [0.4, 0.5) is 21.0 Å². The third-order valence-electron chi connectivity index (χ3n) is 8.98. The summed E-state index contributed by atoms with van der Waals surface area (Å²) in [5.74, 6) is 0.543. The van der Waals surface area contributed by atoms with Gasteiger partial charge in [-0.1, -0.05) is 35.9 Å². The third-order valence-corrected chi connectivity index (χ3v) is 9.28. The highest BCUT2D eigenvalue weighted by Crippen LogP contribution is 2.44. The predicted octanol–water partition coefficient (Wildman–Crippen LogP) is 5.90. The third kappa shape index (κ3) is 4.84. The number of nitrogens with zero attached hydrogens (tertiary/aromatic N) is 6. The molecule has 3 fully saturated rings. The van der Waals surface area contributed by atoms with Crippen LogP contribution in [-0.4, -0.2) is 95.0 Å². The SMILES string of the molecule is CN(C)C1CN(c2nc(N3CC4CC3CN4C(=O)OC(C)(C)C)c3cc(Cl)c(-c4cc(O)cc5ccccc45)c(F)c3n2)C1. The minimum Gasteiger partial charge on any atom is -0.508 e. The minimum atomic E-state index is -0.579. The van der Waals surface area contributed by atoms with E-state index in [4.69, 9.17) is 26.3 Å². The quantitative estimate of drug-likeness (QED) is 0.303. The molecule has 11 heteroatoms. The molecule has 4 heterocycles. The first-order chi connectivity index (χ1) is 20.9. The Morgan fingerprint density at radius 2 is 1.80 bits per heavy atom. The molecule has 1 aromatic heterocycles. The van der Waals surface area contributed by atoms with Gasteiger partial charge in [0.05, 0.1) is 17.1 Å². The number of aromatic nitrogens is 2. The van der Waals surface area contributed by atoms with Crippen LogP contribution in [-0.2, 0) is 4.74 Å². The van der Waals surface area contributed by atoms with Crippen LogP contribution in [0.25, 0.3) is 32.8 Å². The van der Waals surface area contributed by atoms with Gasteiger partial charge in [-0.25, -0.2) is 14.2 Å². The number of halogens is 2. The van der Waals surface area contributed by atoms with Crippen molar-refractivity contribution in [2.24, 2.45) is 0 Å². The van der Waals surface area contributed by atoms with Crippen molar-refractivity contribution in [1.82, 2.24) is 19.8 Å². The van der Waals surface area contributed by atoms with E-state index < -0.39 is 11.4 Å². The minimum absolute atomic E-state index is 0.000842. The number of ether oxygens (including phenoxy) is 1. The van der Waals surface area contributed by atoms with Crippen LogP contribution in [0.2, 0.25) is 5.02 Å². The smallest absolute Gasteiger partial charge is 0.410 e. The van der Waals surface area contributed by atoms with Gasteiger partial charge in [-0.3, -0.25) is 0 Å². The lowest BCUT2D eigenvalue weighted by atomic mass is 9.96. The Balaban J connectivity index is 1.34. The van der Waals surface area contributed by atoms with Crippen LogP contribution in [0, 0.1) is 5.82 Å². The molecule has 3 saturated heterocycles. The lowest BCUT2D eigenvalue weighted by molar-refractivity contribution is 0.0214. The summed E-state index contributed by atoms with van der Waals surface area (Å²) in [6, 6.07) is 12.8. The average molecular weight is 619 g/mol. The van der Waals surface area contributed by atoms with Crippen molar-refractivity contribution in [1.29, 1.82) is 0 Å². The molecule has 0 spiro atoms. The number of likely N-dealkylation sites (tertiary alicyclic amines) is 1. The Kier molecular flexibility index (Phi) is 6.78. The highest BCUT2D eigenvalue weighted by Gasteiger charge is 2.48. The zero-order chi connectivity index (χ0) is 31.1. The number of fused-ring (bicyclic) bond motifs is 4. The van der Waals surface area contributed by atoms with Gasteiger partial charge in [0.25, 0.3) is 0 Å². The summed E-state index contributed by atoms with van der Waals surface area (Å²) in [6.45, 7) is 8.10. The number of hydrogen-bond acceptors (Lipinski definition) is 8. The molecule has 7 rings (SSSR count). The number of phenolic OH excluding ortho intramolecular Hbond substituents is 1. The highest BCUT2D eigenvalue weighted by molar-refractivity contribution is 6.35. The van der Waals surface area contributed by atoms with Crippen LogP contribution < -0.4 is 9.80 Å². The van der Waals surface area contributed by atoms with Crippen molar-refractivity contribution in [2.45, 2.75) is 50.9 Å². The second kappa shape index (κ2) is 10.3. The summed E-state index contributed by atoms with van der Waals surface area (Å²) < 4.78 is 22.5. The average Bonchev–Trinajstić information content (AvgIpc) is 3.52. The maximum atomic E-state index is 16.9. The first kappa shape index (κ1) is 28.9. The monoisotopic (exact) mass is 618 g/mol. The Morgan fingerprint density at radius 1 is 1.05 bits per heavy atom. The van der Waals surface area contributed by atoms with E-state index in [2.05, 4.69) is 14.7 Å². The Morgan fingerprint density at radius 3 is 2.48 bits per heavy atom. The van der Waals surface area contributed by atoms with Crippen molar-refractivity contribution in [2.75, 3.05) is 50.1 Å². The number of likely N-dealkylation sites (N-methyl/N-ethyl adjacent to an activating group) is 1. The molecule has 2 bridgehead atoms. The maximum absolute atomic E-state index is 16.9. The Bertz CT molecular complexity index is 1800. The van der Waals surface area contributed by atoms with Crippen LogP contribution in [0.15, 0.2) is 42.5 Å². The van der Waals surface area contributed by atoms with Gasteiger partial charge >= 0.3 is 6.09 Å². The first-order valence-corrected chi connectivity index (χ1v) is 15.3. The molecule has 0 aliphatic carbocycles. The number of amides is 1. The number of benzene rings is 3. The summed E-state index contributed by atoms with van der Waals surface area (Å²) in [6.07, 6.45) is 0.459. The molecule has 3 aliphatic heterocycles. The van der Waals surface area contributed by atoms with E-state index in [9.17, 15) is 9.90 Å². The van der Waals surface area contributed by atoms with Gasteiger partial charge in [-0.05, 0) is 75.8 Å². The number of carbonyl (C=O) groups excluding carboxylic acids is 1. The molecule has 1 amide bonds. The van der Waals surface area contributed by atoms with E-state index in [0.717, 1.165) is 30.3 Å². The highest BCUT2D eigenvalue weighted by atomic mass is 35.5. The van der Waals surface area contributed by atoms with Crippen molar-refractivity contribution in [3.63, 3.8) is 0 Å². The number of rotatable bonds is 4. The summed E-state index contributed by atoms with van der Waals surface area (Å²) in [4.78, 5) is 30.9. The number of hydrogen-bond donors (Lipinski definition) is 1. The molecule has 9 nitrogen and oxygen atoms in total. The molecule has 0 saturated carbocycles. The molecule has 3 aliphatic rings. The fraction of sp³-hybridized carbons (Fsp3) is 0.424. The number of aromatic hydroxyl groups is 1. The van der Waals surface area contributed by atoms with Crippen LogP contribution in [0.3, 0.4) is 0 Å². The van der Waals surface area contributed by atoms with Gasteiger partial charge in [-0.2, -0.15) is 4.98 Å². The molecular weight excluding hydrogens is 583 g/mol. The van der Waals surface area contributed by atoms with Gasteiger partial charge in [0, 0.05) is 43.2 Å². The van der Waals surface area contributed by atoms with Gasteiger partial charge in [0.2, 0.25) is 5.95 Å². The van der Waals surface area contributed by atoms with Crippen LogP contribution >= 0.6 is 11.6 Å². The fourth-order valence-corrected chi connectivity index (χ4v) is 6.99. The van der Waals surface area contributed by atoms with Gasteiger partial charge in [-0.15, -0.1) is 0 Å². The summed E-state index contributed by atoms with van der Waals surface area (Å²) in [7, 11) is 4.08. The molecule has 1 N–H and O–H groups in total. The number of piperazine rings is 1. The van der Waals surface area contributed by atoms with Crippen LogP contribution in [0.1, 0.15) is 27.2 Å². The number of phenols is 1. The second-order valence-electron chi connectivity index (χ2n) is 13.4. The summed E-state index contributed by atoms with van der Waals surface area (Å²) >= 11 is 6.89. The summed E-state index contributed by atoms with van der Waals surface area (Å²) in [5.41, 5.74) is 0.286. The van der Waals surface area contributed by atoms with Crippen molar-refractivity contribution in [3.05, 3.63) is 53.3 Å². The molecule has 44 heavy (non-hydrogen) atoms. The lowest BCUT2D eigenvalue weighted by Gasteiger charge is -2.43. The van der Waals surface area contributed by atoms with E-state index in [1.807, 2.05) is 59.1 Å². The summed E-state index contributed by atoms with van der Waals surface area (Å²) in [5, 5.41) is 12.8. The van der Waals surface area contributed by atoms with Crippen LogP contribution in [0.5, 0.6) is 5.75 Å². The van der Waals surface area contributed by atoms with Crippen molar-refractivity contribution in [3.8, 4) is 16.9 Å². The van der Waals surface area contributed by atoms with E-state index in [1.165, 1.54) is 0 Å². The molecule has 3 aromatic carbocycles. The zero-order valence-electron chi connectivity index (χ0n) is 25.5. The first-order valence-electron chi connectivity index (χ1n) is 15.0. The van der Waals surface area contributed by atoms with E-state index in [1.54, 1.807) is 23.1 Å². The standard InChI is InChI=1S/C33H36ClFN6O3/c1-33(2,3)44-32(43)41-17-19-11-20(41)16-40(19)30-25-13-26(34)27(24-12-22(42)10-18-8-6-7-9-23(18)24)28(35)29(25)36-31(37-30)39-14-21(15-39)38(4)5/h6-10,12-13,19-21,42H,11,14-17H2,1-5H3. The van der Waals surface area contributed by atoms with E-state index >= 15 is 4.39 Å². The lowest BCUT2D eigenvalue weighted by Crippen LogP contribution is -2.58. The van der Waals surface area contributed by atoms with Gasteiger partial charge in [0.1, 0.15) is 22.7 Å². The molecule has 4 aromatic rings. The maximum Gasteiger partial charge on any atom is 0.410 e. The van der Waals surface area contributed by atoms with Crippen molar-refractivity contribution >= 4 is 51.1 Å². The zero-order valence-corrected chi connectivity index (χ0v) is 26.3. The molecular formula is C33H36ClFN6O3. The number of anilines is 2. The van der Waals surface area contributed by atoms with E-state index in [-0.39, 0.29) is 40.0 Å². The predicted molar refractivity (Wildman–Crippen MR) is 171 cm³/mol. The molecule has 230 valence electrons. The fourth-order valence-electron chi connectivity index (χ4n) is 6.69. The Labute approximate surface area is 260 Å². The van der Waals surface area contributed by atoms with Gasteiger partial charge < -0.3 is 29.4 Å². The van der Waals surface area contributed by atoms with Crippen molar-refractivity contribution < 1.29 is 19.0 Å². The van der Waals surface area contributed by atoms with Gasteiger partial charge in [0.15, 0.2) is 5.82 Å². The second-order valence-corrected chi connectivity index (χ2v) is 13.8. The van der Waals surface area contributed by atoms with E-state index in [0.29, 0.717) is 41.8 Å². The molecule has 2 unspecified atom stereocenters. The Hall–Kier alpha value is -3.89. The molecule has 2 atom stereocenters. The molecule has 0 radical (unpaired) electrons. The number of carbonyl (C=O) groups is 1. The largest absolute Gasteiger partial charge is 0.508 e.